The van der Waals surface area contributed by atoms with Crippen molar-refractivity contribution in [2.75, 3.05) is 25.0 Å². The standard InChI is InChI=1S/C19H19Cl2N3O4S/c1-2-28-18(27)12-4-3-7-24(9-12)17(26)15-10-29-19(22-15)23-16(25)11-5-6-13(20)14(21)8-11/h5-6,8,10,12H,2-4,7,9H2,1H3,(H,22,23,25)/t12-/m0/s1. The lowest BCUT2D eigenvalue weighted by Gasteiger charge is -2.31. The van der Waals surface area contributed by atoms with E-state index in [0.29, 0.717) is 41.8 Å². The van der Waals surface area contributed by atoms with Crippen LogP contribution in [0.3, 0.4) is 0 Å². The number of anilines is 1. The molecule has 0 unspecified atom stereocenters. The molecule has 1 atom stereocenters. The number of carbonyl (C=O) groups is 3. The van der Waals surface area contributed by atoms with E-state index in [1.54, 1.807) is 23.3 Å². The zero-order valence-corrected chi connectivity index (χ0v) is 17.9. The van der Waals surface area contributed by atoms with Crippen LogP contribution in [0.25, 0.3) is 0 Å². The molecule has 1 fully saturated rings. The predicted octanol–water partition coefficient (Wildman–Crippen LogP) is 4.12. The average molecular weight is 456 g/mol. The molecule has 0 radical (unpaired) electrons. The van der Waals surface area contributed by atoms with Crippen LogP contribution in [0, 0.1) is 5.92 Å². The first-order valence-corrected chi connectivity index (χ1v) is 10.7. The number of halogens is 2. The number of rotatable bonds is 5. The molecular formula is C19H19Cl2N3O4S. The Morgan fingerprint density at radius 2 is 2.10 bits per heavy atom. The number of aromatic nitrogens is 1. The van der Waals surface area contributed by atoms with E-state index >= 15 is 0 Å². The summed E-state index contributed by atoms with van der Waals surface area (Å²) in [6.45, 7) is 2.93. The predicted molar refractivity (Wildman–Crippen MR) is 112 cm³/mol. The van der Waals surface area contributed by atoms with E-state index in [1.165, 1.54) is 12.1 Å². The first kappa shape index (κ1) is 21.5. The average Bonchev–Trinajstić information content (AvgIpc) is 3.18. The molecule has 2 heterocycles. The monoisotopic (exact) mass is 455 g/mol. The second kappa shape index (κ2) is 9.56. The zero-order valence-electron chi connectivity index (χ0n) is 15.6. The summed E-state index contributed by atoms with van der Waals surface area (Å²) in [6, 6.07) is 4.54. The third-order valence-corrected chi connectivity index (χ3v) is 5.95. The van der Waals surface area contributed by atoms with Crippen molar-refractivity contribution in [3.63, 3.8) is 0 Å². The number of esters is 1. The fourth-order valence-electron chi connectivity index (χ4n) is 3.01. The summed E-state index contributed by atoms with van der Waals surface area (Å²) >= 11 is 12.9. The van der Waals surface area contributed by atoms with E-state index in [9.17, 15) is 14.4 Å². The van der Waals surface area contributed by atoms with Gasteiger partial charge >= 0.3 is 5.97 Å². The van der Waals surface area contributed by atoms with E-state index < -0.39 is 5.91 Å². The zero-order chi connectivity index (χ0) is 21.0. The molecule has 0 saturated carbocycles. The number of thiazole rings is 1. The van der Waals surface area contributed by atoms with Gasteiger partial charge in [0.15, 0.2) is 5.13 Å². The van der Waals surface area contributed by atoms with Gasteiger partial charge in [0.25, 0.3) is 11.8 Å². The first-order valence-electron chi connectivity index (χ1n) is 9.07. The first-order chi connectivity index (χ1) is 13.9. The molecule has 0 bridgehead atoms. The van der Waals surface area contributed by atoms with E-state index in [0.717, 1.165) is 17.8 Å². The fourth-order valence-corrected chi connectivity index (χ4v) is 3.99. The molecule has 3 rings (SSSR count). The maximum Gasteiger partial charge on any atom is 0.310 e. The molecule has 1 aliphatic heterocycles. The Morgan fingerprint density at radius 3 is 2.83 bits per heavy atom. The van der Waals surface area contributed by atoms with Gasteiger partial charge in [-0.1, -0.05) is 23.2 Å². The molecule has 154 valence electrons. The molecule has 2 amide bonds. The van der Waals surface area contributed by atoms with Crippen molar-refractivity contribution in [2.45, 2.75) is 19.8 Å². The molecule has 0 aliphatic carbocycles. The van der Waals surface area contributed by atoms with Gasteiger partial charge in [-0.15, -0.1) is 11.3 Å². The third kappa shape index (κ3) is 5.26. The Bertz CT molecular complexity index is 934. The van der Waals surface area contributed by atoms with Crippen LogP contribution < -0.4 is 5.32 Å². The normalized spacial score (nSPS) is 16.4. The number of ether oxygens (including phenoxy) is 1. The smallest absolute Gasteiger partial charge is 0.310 e. The SMILES string of the molecule is CCOC(=O)[C@H]1CCCN(C(=O)c2csc(NC(=O)c3ccc(Cl)c(Cl)c3)n2)C1. The highest BCUT2D eigenvalue weighted by Crippen LogP contribution is 2.25. The maximum atomic E-state index is 12.8. The van der Waals surface area contributed by atoms with E-state index in [2.05, 4.69) is 10.3 Å². The summed E-state index contributed by atoms with van der Waals surface area (Å²) in [7, 11) is 0. The van der Waals surface area contributed by atoms with Crippen molar-refractivity contribution in [1.82, 2.24) is 9.88 Å². The highest BCUT2D eigenvalue weighted by molar-refractivity contribution is 7.14. The Hall–Kier alpha value is -2.16. The lowest BCUT2D eigenvalue weighted by molar-refractivity contribution is -0.149. The minimum absolute atomic E-state index is 0.226. The molecule has 1 N–H and O–H groups in total. The molecule has 1 aromatic carbocycles. The van der Waals surface area contributed by atoms with Crippen LogP contribution in [0.5, 0.6) is 0 Å². The number of piperidine rings is 1. The number of carbonyl (C=O) groups excluding carboxylic acids is 3. The summed E-state index contributed by atoms with van der Waals surface area (Å²) in [6.07, 6.45) is 1.42. The minimum atomic E-state index is -0.405. The summed E-state index contributed by atoms with van der Waals surface area (Å²) in [5.74, 6) is -1.28. The molecule has 29 heavy (non-hydrogen) atoms. The van der Waals surface area contributed by atoms with Crippen molar-refractivity contribution in [3.8, 4) is 0 Å². The van der Waals surface area contributed by atoms with Crippen LogP contribution in [0.2, 0.25) is 10.0 Å². The van der Waals surface area contributed by atoms with Gasteiger partial charge in [0.1, 0.15) is 5.69 Å². The lowest BCUT2D eigenvalue weighted by Crippen LogP contribution is -2.43. The summed E-state index contributed by atoms with van der Waals surface area (Å²) in [4.78, 5) is 42.9. The number of benzene rings is 1. The van der Waals surface area contributed by atoms with Crippen LogP contribution in [-0.4, -0.2) is 47.4 Å². The Balaban J connectivity index is 1.64. The third-order valence-electron chi connectivity index (χ3n) is 4.45. The van der Waals surface area contributed by atoms with Gasteiger partial charge in [-0.05, 0) is 38.0 Å². The molecule has 0 spiro atoms. The van der Waals surface area contributed by atoms with Gasteiger partial charge in [-0.2, -0.15) is 0 Å². The van der Waals surface area contributed by atoms with E-state index in [-0.39, 0.29) is 28.5 Å². The fraction of sp³-hybridized carbons (Fsp3) is 0.368. The van der Waals surface area contributed by atoms with Crippen molar-refractivity contribution < 1.29 is 19.1 Å². The van der Waals surface area contributed by atoms with Crippen LogP contribution in [0.15, 0.2) is 23.6 Å². The van der Waals surface area contributed by atoms with Crippen LogP contribution in [0.4, 0.5) is 5.13 Å². The van der Waals surface area contributed by atoms with Gasteiger partial charge in [-0.3, -0.25) is 19.7 Å². The molecule has 1 aliphatic rings. The van der Waals surface area contributed by atoms with E-state index in [4.69, 9.17) is 27.9 Å². The summed E-state index contributed by atoms with van der Waals surface area (Å²) < 4.78 is 5.07. The molecular weight excluding hydrogens is 437 g/mol. The topological polar surface area (TPSA) is 88.6 Å². The van der Waals surface area contributed by atoms with Crippen molar-refractivity contribution in [3.05, 3.63) is 44.9 Å². The van der Waals surface area contributed by atoms with Gasteiger partial charge in [0, 0.05) is 24.0 Å². The molecule has 10 heteroatoms. The number of likely N-dealkylation sites (tertiary alicyclic amines) is 1. The van der Waals surface area contributed by atoms with Gasteiger partial charge in [-0.25, -0.2) is 4.98 Å². The Kier molecular flexibility index (Phi) is 7.10. The highest BCUT2D eigenvalue weighted by atomic mass is 35.5. The number of hydrogen-bond acceptors (Lipinski definition) is 6. The Labute approximate surface area is 182 Å². The number of nitrogens with zero attached hydrogens (tertiary/aromatic N) is 2. The largest absolute Gasteiger partial charge is 0.466 e. The van der Waals surface area contributed by atoms with Gasteiger partial charge < -0.3 is 9.64 Å². The van der Waals surface area contributed by atoms with Crippen molar-refractivity contribution >= 4 is 57.5 Å². The quantitative estimate of drug-likeness (QED) is 0.684. The summed E-state index contributed by atoms with van der Waals surface area (Å²) in [5, 5.41) is 5.16. The number of nitrogens with one attached hydrogen (secondary N) is 1. The summed E-state index contributed by atoms with van der Waals surface area (Å²) in [5.41, 5.74) is 0.555. The second-order valence-corrected chi connectivity index (χ2v) is 8.14. The lowest BCUT2D eigenvalue weighted by atomic mass is 9.98. The molecule has 2 aromatic rings. The number of amides is 2. The highest BCUT2D eigenvalue weighted by Gasteiger charge is 2.30. The minimum Gasteiger partial charge on any atom is -0.466 e. The van der Waals surface area contributed by atoms with Crippen LogP contribution >= 0.6 is 34.5 Å². The van der Waals surface area contributed by atoms with E-state index in [1.807, 2.05) is 0 Å². The van der Waals surface area contributed by atoms with Crippen LogP contribution in [0.1, 0.15) is 40.6 Å². The molecule has 7 nitrogen and oxygen atoms in total. The Morgan fingerprint density at radius 1 is 1.31 bits per heavy atom. The van der Waals surface area contributed by atoms with Crippen molar-refractivity contribution in [2.24, 2.45) is 5.92 Å². The van der Waals surface area contributed by atoms with Gasteiger partial charge in [0.05, 0.1) is 22.6 Å². The van der Waals surface area contributed by atoms with Crippen molar-refractivity contribution in [1.29, 1.82) is 0 Å². The van der Waals surface area contributed by atoms with Crippen LogP contribution in [-0.2, 0) is 9.53 Å². The molecule has 1 saturated heterocycles. The number of hydrogen-bond donors (Lipinski definition) is 1. The molecule has 1 aromatic heterocycles. The maximum absolute atomic E-state index is 12.8. The second-order valence-electron chi connectivity index (χ2n) is 6.46. The van der Waals surface area contributed by atoms with Gasteiger partial charge in [0.2, 0.25) is 0 Å².